The average Bonchev–Trinajstić information content (AvgIpc) is 3.06. The molecule has 0 unspecified atom stereocenters. The van der Waals surface area contributed by atoms with Gasteiger partial charge in [-0.15, -0.1) is 11.3 Å². The van der Waals surface area contributed by atoms with E-state index in [2.05, 4.69) is 73.9 Å². The number of para-hydroxylation sites is 1. The molecule has 0 amide bonds. The summed E-state index contributed by atoms with van der Waals surface area (Å²) in [5.74, 6) is 0. The maximum Gasteiger partial charge on any atom is 0.173 e. The molecule has 3 nitrogen and oxygen atoms in total. The van der Waals surface area contributed by atoms with Crippen molar-refractivity contribution in [2.75, 3.05) is 32.5 Å². The number of likely N-dealkylation sites (N-methyl/N-ethyl adjacent to an activating group) is 1. The van der Waals surface area contributed by atoms with Crippen LogP contribution in [-0.2, 0) is 13.0 Å². The van der Waals surface area contributed by atoms with Gasteiger partial charge >= 0.3 is 0 Å². The lowest BCUT2D eigenvalue weighted by Crippen LogP contribution is -3.06. The third kappa shape index (κ3) is 5.30. The minimum atomic E-state index is 0.814. The lowest BCUT2D eigenvalue weighted by atomic mass is 10.1. The van der Waals surface area contributed by atoms with Gasteiger partial charge in [-0.25, -0.2) is 0 Å². The number of quaternary nitrogens is 1. The Kier molecular flexibility index (Phi) is 7.21. The monoisotopic (exact) mass is 362 g/mol. The summed E-state index contributed by atoms with van der Waals surface area (Å²) in [4.78, 5) is 5.05. The van der Waals surface area contributed by atoms with Gasteiger partial charge in [0.2, 0.25) is 0 Å². The zero-order valence-electron chi connectivity index (χ0n) is 15.1. The molecule has 5 heteroatoms. The topological polar surface area (TPSA) is 19.7 Å². The van der Waals surface area contributed by atoms with Gasteiger partial charge in [0.15, 0.2) is 5.11 Å². The number of thiophene rings is 1. The number of nitrogens with zero attached hydrogens (tertiary/aromatic N) is 1. The minimum absolute atomic E-state index is 0.814. The highest BCUT2D eigenvalue weighted by atomic mass is 32.1. The van der Waals surface area contributed by atoms with Crippen LogP contribution in [0, 0.1) is 6.92 Å². The Morgan fingerprint density at radius 2 is 2.04 bits per heavy atom. The molecule has 0 atom stereocenters. The Morgan fingerprint density at radius 3 is 2.67 bits per heavy atom. The van der Waals surface area contributed by atoms with Gasteiger partial charge in [0.05, 0.1) is 33.7 Å². The molecule has 0 radical (unpaired) electrons. The predicted octanol–water partition coefficient (Wildman–Crippen LogP) is 2.96. The number of hydrogen-bond donors (Lipinski definition) is 2. The summed E-state index contributed by atoms with van der Waals surface area (Å²) in [5, 5.41) is 6.46. The molecule has 0 aliphatic heterocycles. The molecule has 0 aliphatic rings. The Bertz CT molecular complexity index is 651. The lowest BCUT2D eigenvalue weighted by Gasteiger charge is -2.27. The molecular formula is C19H28N3S2+. The van der Waals surface area contributed by atoms with E-state index >= 15 is 0 Å². The second kappa shape index (κ2) is 9.16. The van der Waals surface area contributed by atoms with Crippen molar-refractivity contribution in [3.8, 4) is 0 Å². The normalized spacial score (nSPS) is 10.9. The summed E-state index contributed by atoms with van der Waals surface area (Å²) in [6.45, 7) is 7.19. The van der Waals surface area contributed by atoms with E-state index in [4.69, 9.17) is 12.2 Å². The Labute approximate surface area is 155 Å². The smallest absolute Gasteiger partial charge is 0.173 e. The fourth-order valence-electron chi connectivity index (χ4n) is 2.59. The van der Waals surface area contributed by atoms with Gasteiger partial charge in [-0.05, 0) is 48.1 Å². The third-order valence-electron chi connectivity index (χ3n) is 4.07. The van der Waals surface area contributed by atoms with Gasteiger partial charge in [0.25, 0.3) is 0 Å². The summed E-state index contributed by atoms with van der Waals surface area (Å²) < 4.78 is 0. The molecule has 1 aromatic carbocycles. The van der Waals surface area contributed by atoms with E-state index in [0.29, 0.717) is 0 Å². The van der Waals surface area contributed by atoms with Gasteiger partial charge in [0, 0.05) is 10.6 Å². The molecule has 0 aliphatic carbocycles. The molecule has 0 spiro atoms. The maximum absolute atomic E-state index is 5.76. The number of anilines is 1. The Morgan fingerprint density at radius 1 is 1.25 bits per heavy atom. The zero-order chi connectivity index (χ0) is 17.5. The summed E-state index contributed by atoms with van der Waals surface area (Å²) >= 11 is 7.54. The van der Waals surface area contributed by atoms with E-state index in [1.54, 1.807) is 11.3 Å². The first-order chi connectivity index (χ1) is 11.5. The van der Waals surface area contributed by atoms with Crippen molar-refractivity contribution in [2.24, 2.45) is 0 Å². The van der Waals surface area contributed by atoms with Gasteiger partial charge < -0.3 is 15.1 Å². The minimum Gasteiger partial charge on any atom is -0.338 e. The highest BCUT2D eigenvalue weighted by molar-refractivity contribution is 7.80. The Hall–Kier alpha value is -1.43. The standard InChI is InChI=1S/C19H27N3S2/c1-5-16-9-6-8-15(2)18(16)20-19(23)22(12-11-21(3)4)14-17-10-7-13-24-17/h6-10,13H,5,11-12,14H2,1-4H3,(H,20,23)/p+1. The number of aryl methyl sites for hydroxylation is 2. The van der Waals surface area contributed by atoms with Crippen LogP contribution in [0.15, 0.2) is 35.7 Å². The first-order valence-electron chi connectivity index (χ1n) is 8.47. The van der Waals surface area contributed by atoms with Crippen molar-refractivity contribution < 1.29 is 4.90 Å². The zero-order valence-corrected chi connectivity index (χ0v) is 16.7. The van der Waals surface area contributed by atoms with Crippen LogP contribution in [0.25, 0.3) is 0 Å². The fourth-order valence-corrected chi connectivity index (χ4v) is 3.57. The maximum atomic E-state index is 5.76. The van der Waals surface area contributed by atoms with E-state index in [1.807, 2.05) is 0 Å². The number of thiocarbonyl (C=S) groups is 1. The van der Waals surface area contributed by atoms with Crippen LogP contribution >= 0.6 is 23.6 Å². The van der Waals surface area contributed by atoms with E-state index in [9.17, 15) is 0 Å². The van der Waals surface area contributed by atoms with Gasteiger partial charge in [0.1, 0.15) is 0 Å². The van der Waals surface area contributed by atoms with Crippen LogP contribution in [0.3, 0.4) is 0 Å². The molecular weight excluding hydrogens is 334 g/mol. The molecule has 0 bridgehead atoms. The van der Waals surface area contributed by atoms with E-state index < -0.39 is 0 Å². The van der Waals surface area contributed by atoms with Crippen LogP contribution in [0.4, 0.5) is 5.69 Å². The van der Waals surface area contributed by atoms with Crippen molar-refractivity contribution in [3.63, 3.8) is 0 Å². The molecule has 130 valence electrons. The summed E-state index contributed by atoms with van der Waals surface area (Å²) in [7, 11) is 4.35. The predicted molar refractivity (Wildman–Crippen MR) is 109 cm³/mol. The molecule has 2 N–H and O–H groups in total. The van der Waals surface area contributed by atoms with Gasteiger partial charge in [-0.2, -0.15) is 0 Å². The second-order valence-corrected chi connectivity index (χ2v) is 7.77. The summed E-state index contributed by atoms with van der Waals surface area (Å²) in [6.07, 6.45) is 0.999. The molecule has 1 aromatic heterocycles. The van der Waals surface area contributed by atoms with E-state index in [1.165, 1.54) is 26.6 Å². The Balaban J connectivity index is 2.14. The van der Waals surface area contributed by atoms with E-state index in [-0.39, 0.29) is 0 Å². The highest BCUT2D eigenvalue weighted by Gasteiger charge is 2.15. The highest BCUT2D eigenvalue weighted by Crippen LogP contribution is 2.22. The third-order valence-corrected chi connectivity index (χ3v) is 5.29. The summed E-state index contributed by atoms with van der Waals surface area (Å²) in [5.41, 5.74) is 3.72. The first kappa shape index (κ1) is 18.9. The molecule has 24 heavy (non-hydrogen) atoms. The molecule has 0 saturated carbocycles. The number of rotatable bonds is 7. The largest absolute Gasteiger partial charge is 0.338 e. The average molecular weight is 363 g/mol. The van der Waals surface area contributed by atoms with Crippen LogP contribution in [0.1, 0.15) is 22.9 Å². The van der Waals surface area contributed by atoms with Crippen LogP contribution < -0.4 is 10.2 Å². The van der Waals surface area contributed by atoms with Gasteiger partial charge in [-0.3, -0.25) is 0 Å². The number of nitrogens with one attached hydrogen (secondary N) is 2. The molecule has 2 aromatic rings. The van der Waals surface area contributed by atoms with Crippen LogP contribution in [0.2, 0.25) is 0 Å². The van der Waals surface area contributed by atoms with Crippen LogP contribution in [0.5, 0.6) is 0 Å². The SMILES string of the molecule is CCc1cccc(C)c1NC(=S)N(CC[NH+](C)C)Cc1cccs1. The second-order valence-electron chi connectivity index (χ2n) is 6.35. The molecule has 2 rings (SSSR count). The first-order valence-corrected chi connectivity index (χ1v) is 9.76. The molecule has 0 fully saturated rings. The van der Waals surface area contributed by atoms with Crippen molar-refractivity contribution in [1.82, 2.24) is 4.90 Å². The molecule has 1 heterocycles. The fraction of sp³-hybridized carbons (Fsp3) is 0.421. The van der Waals surface area contributed by atoms with Crippen molar-refractivity contribution >= 4 is 34.4 Å². The quantitative estimate of drug-likeness (QED) is 0.739. The summed E-state index contributed by atoms with van der Waals surface area (Å²) in [6, 6.07) is 10.7. The van der Waals surface area contributed by atoms with Crippen molar-refractivity contribution in [3.05, 3.63) is 51.7 Å². The van der Waals surface area contributed by atoms with Crippen molar-refractivity contribution in [2.45, 2.75) is 26.8 Å². The van der Waals surface area contributed by atoms with E-state index in [0.717, 1.165) is 31.2 Å². The van der Waals surface area contributed by atoms with Crippen LogP contribution in [-0.4, -0.2) is 37.2 Å². The lowest BCUT2D eigenvalue weighted by molar-refractivity contribution is -0.857. The van der Waals surface area contributed by atoms with Gasteiger partial charge in [-0.1, -0.05) is 31.2 Å². The number of hydrogen-bond acceptors (Lipinski definition) is 2. The van der Waals surface area contributed by atoms with Crippen molar-refractivity contribution in [1.29, 1.82) is 0 Å². The number of benzene rings is 1. The molecule has 0 saturated heterocycles.